The van der Waals surface area contributed by atoms with Gasteiger partial charge < -0.3 is 10.6 Å². The second-order valence-corrected chi connectivity index (χ2v) is 7.33. The number of aromatic nitrogens is 1. The third-order valence-electron chi connectivity index (χ3n) is 5.27. The molecule has 1 heterocycles. The Morgan fingerprint density at radius 1 is 0.962 bits per heavy atom. The van der Waals surface area contributed by atoms with Gasteiger partial charge in [0, 0.05) is 25.0 Å². The number of allylic oxidation sites excluding steroid dienone is 2. The van der Waals surface area contributed by atoms with Crippen molar-refractivity contribution in [2.24, 2.45) is 0 Å². The summed E-state index contributed by atoms with van der Waals surface area (Å²) < 4.78 is 0. The Hall–Kier alpha value is -2.10. The van der Waals surface area contributed by atoms with Crippen LogP contribution < -0.4 is 10.6 Å². The first-order valence-corrected chi connectivity index (χ1v) is 10.2. The van der Waals surface area contributed by atoms with Gasteiger partial charge >= 0.3 is 0 Å². The van der Waals surface area contributed by atoms with E-state index in [1.54, 1.807) is 11.8 Å². The predicted octanol–water partition coefficient (Wildman–Crippen LogP) is 5.00. The number of carbonyl (C=O) groups is 1. The van der Waals surface area contributed by atoms with E-state index in [9.17, 15) is 4.79 Å². The van der Waals surface area contributed by atoms with Gasteiger partial charge in [0.2, 0.25) is 0 Å². The summed E-state index contributed by atoms with van der Waals surface area (Å²) in [6.07, 6.45) is 18.5. The van der Waals surface area contributed by atoms with Crippen molar-refractivity contribution < 1.29 is 4.79 Å². The van der Waals surface area contributed by atoms with E-state index in [-0.39, 0.29) is 5.91 Å². The summed E-state index contributed by atoms with van der Waals surface area (Å²) in [5.41, 5.74) is 4.51. The Balaban J connectivity index is 1.42. The lowest BCUT2D eigenvalue weighted by atomic mass is 9.97. The number of hydrogen-bond donors (Lipinski definition) is 2. The molecule has 1 amide bonds. The normalized spacial score (nSPS) is 17.2. The topological polar surface area (TPSA) is 54.0 Å². The van der Waals surface area contributed by atoms with Crippen LogP contribution in [0.2, 0.25) is 0 Å². The van der Waals surface area contributed by atoms with Crippen LogP contribution in [-0.2, 0) is 0 Å². The lowest BCUT2D eigenvalue weighted by Gasteiger charge is -2.14. The van der Waals surface area contributed by atoms with E-state index in [1.165, 1.54) is 56.9 Å². The van der Waals surface area contributed by atoms with Gasteiger partial charge in [0.15, 0.2) is 0 Å². The SMILES string of the molecule is O=C(NCCC1=CCCCC1)c1cc(NCCC2=CCCCC2)ccn1. The molecule has 3 rings (SSSR count). The molecular weight excluding hydrogens is 322 g/mol. The highest BCUT2D eigenvalue weighted by Crippen LogP contribution is 2.21. The van der Waals surface area contributed by atoms with Crippen molar-refractivity contribution in [3.63, 3.8) is 0 Å². The second-order valence-electron chi connectivity index (χ2n) is 7.33. The van der Waals surface area contributed by atoms with Crippen LogP contribution in [-0.4, -0.2) is 24.0 Å². The first-order valence-electron chi connectivity index (χ1n) is 10.2. The quantitative estimate of drug-likeness (QED) is 0.646. The third kappa shape index (κ3) is 6.01. The number of carbonyl (C=O) groups excluding carboxylic acids is 1. The van der Waals surface area contributed by atoms with E-state index in [0.717, 1.165) is 25.1 Å². The largest absolute Gasteiger partial charge is 0.385 e. The summed E-state index contributed by atoms with van der Waals surface area (Å²) >= 11 is 0. The monoisotopic (exact) mass is 353 g/mol. The van der Waals surface area contributed by atoms with E-state index >= 15 is 0 Å². The van der Waals surface area contributed by atoms with Crippen LogP contribution in [0, 0.1) is 0 Å². The fraction of sp³-hybridized carbons (Fsp3) is 0.545. The first-order chi connectivity index (χ1) is 12.8. The van der Waals surface area contributed by atoms with Gasteiger partial charge in [0.1, 0.15) is 5.69 Å². The molecule has 4 nitrogen and oxygen atoms in total. The number of nitrogens with one attached hydrogen (secondary N) is 2. The Labute approximate surface area is 157 Å². The molecule has 1 aromatic rings. The molecule has 0 aliphatic heterocycles. The molecule has 0 bridgehead atoms. The van der Waals surface area contributed by atoms with Gasteiger partial charge in [-0.1, -0.05) is 23.3 Å². The maximum Gasteiger partial charge on any atom is 0.269 e. The van der Waals surface area contributed by atoms with Crippen molar-refractivity contribution in [3.05, 3.63) is 47.3 Å². The smallest absolute Gasteiger partial charge is 0.269 e. The first kappa shape index (κ1) is 18.7. The Kier molecular flexibility index (Phi) is 7.29. The summed E-state index contributed by atoms with van der Waals surface area (Å²) in [6, 6.07) is 3.78. The number of rotatable bonds is 8. The van der Waals surface area contributed by atoms with Crippen molar-refractivity contribution in [2.45, 2.75) is 64.2 Å². The zero-order valence-corrected chi connectivity index (χ0v) is 15.7. The van der Waals surface area contributed by atoms with Crippen LogP contribution in [0.3, 0.4) is 0 Å². The highest BCUT2D eigenvalue weighted by atomic mass is 16.1. The summed E-state index contributed by atoms with van der Waals surface area (Å²) in [6.45, 7) is 1.60. The molecule has 0 radical (unpaired) electrons. The zero-order valence-electron chi connectivity index (χ0n) is 15.7. The zero-order chi connectivity index (χ0) is 18.0. The Bertz CT molecular complexity index is 663. The third-order valence-corrected chi connectivity index (χ3v) is 5.27. The molecule has 0 atom stereocenters. The molecule has 2 aliphatic rings. The summed E-state index contributed by atoms with van der Waals surface area (Å²) in [5, 5.41) is 6.43. The average Bonchev–Trinajstić information content (AvgIpc) is 2.70. The van der Waals surface area contributed by atoms with E-state index in [1.807, 2.05) is 12.1 Å². The van der Waals surface area contributed by atoms with E-state index in [0.29, 0.717) is 12.2 Å². The van der Waals surface area contributed by atoms with E-state index < -0.39 is 0 Å². The van der Waals surface area contributed by atoms with Crippen molar-refractivity contribution in [3.8, 4) is 0 Å². The molecule has 26 heavy (non-hydrogen) atoms. The lowest BCUT2D eigenvalue weighted by molar-refractivity contribution is 0.0949. The van der Waals surface area contributed by atoms with Crippen LogP contribution in [0.4, 0.5) is 5.69 Å². The standard InChI is InChI=1S/C22H31N3O/c26-22(25-15-12-19-9-5-2-6-10-19)21-17-20(13-16-24-21)23-14-11-18-7-3-1-4-8-18/h7,9,13,16-17H,1-6,8,10-12,14-15H2,(H,23,24)(H,25,26). The molecule has 0 saturated heterocycles. The highest BCUT2D eigenvalue weighted by molar-refractivity contribution is 5.93. The number of amides is 1. The maximum absolute atomic E-state index is 12.3. The molecule has 4 heteroatoms. The maximum atomic E-state index is 12.3. The van der Waals surface area contributed by atoms with Gasteiger partial charge in [-0.25, -0.2) is 0 Å². The number of anilines is 1. The van der Waals surface area contributed by atoms with Crippen LogP contribution >= 0.6 is 0 Å². The molecule has 2 aliphatic carbocycles. The van der Waals surface area contributed by atoms with Crippen LogP contribution in [0.15, 0.2) is 41.6 Å². The Morgan fingerprint density at radius 2 is 1.65 bits per heavy atom. The van der Waals surface area contributed by atoms with Crippen molar-refractivity contribution in [1.82, 2.24) is 10.3 Å². The predicted molar refractivity (Wildman–Crippen MR) is 107 cm³/mol. The fourth-order valence-corrected chi connectivity index (χ4v) is 3.72. The average molecular weight is 354 g/mol. The van der Waals surface area contributed by atoms with Crippen molar-refractivity contribution >= 4 is 11.6 Å². The molecule has 0 unspecified atom stereocenters. The van der Waals surface area contributed by atoms with Crippen molar-refractivity contribution in [2.75, 3.05) is 18.4 Å². The Morgan fingerprint density at radius 3 is 2.31 bits per heavy atom. The molecule has 2 N–H and O–H groups in total. The minimum Gasteiger partial charge on any atom is -0.385 e. The summed E-state index contributed by atoms with van der Waals surface area (Å²) in [7, 11) is 0. The molecule has 0 spiro atoms. The van der Waals surface area contributed by atoms with E-state index in [4.69, 9.17) is 0 Å². The minimum absolute atomic E-state index is 0.0833. The van der Waals surface area contributed by atoms with Crippen molar-refractivity contribution in [1.29, 1.82) is 0 Å². The fourth-order valence-electron chi connectivity index (χ4n) is 3.72. The minimum atomic E-state index is -0.0833. The van der Waals surface area contributed by atoms with Gasteiger partial charge in [-0.05, 0) is 76.3 Å². The van der Waals surface area contributed by atoms with Gasteiger partial charge in [-0.2, -0.15) is 0 Å². The van der Waals surface area contributed by atoms with Crippen LogP contribution in [0.1, 0.15) is 74.7 Å². The molecular formula is C22H31N3O. The summed E-state index contributed by atoms with van der Waals surface area (Å²) in [4.78, 5) is 16.6. The highest BCUT2D eigenvalue weighted by Gasteiger charge is 2.09. The van der Waals surface area contributed by atoms with Gasteiger partial charge in [0.25, 0.3) is 5.91 Å². The van der Waals surface area contributed by atoms with Gasteiger partial charge in [0.05, 0.1) is 0 Å². The van der Waals surface area contributed by atoms with Gasteiger partial charge in [-0.3, -0.25) is 9.78 Å². The molecule has 0 saturated carbocycles. The van der Waals surface area contributed by atoms with Crippen LogP contribution in [0.25, 0.3) is 0 Å². The molecule has 140 valence electrons. The molecule has 0 aromatic carbocycles. The number of hydrogen-bond acceptors (Lipinski definition) is 3. The van der Waals surface area contributed by atoms with E-state index in [2.05, 4.69) is 27.8 Å². The second kappa shape index (κ2) is 10.1. The van der Waals surface area contributed by atoms with Crippen LogP contribution in [0.5, 0.6) is 0 Å². The number of pyridine rings is 1. The molecule has 0 fully saturated rings. The summed E-state index contributed by atoms with van der Waals surface area (Å²) in [5.74, 6) is -0.0833. The van der Waals surface area contributed by atoms with Gasteiger partial charge in [-0.15, -0.1) is 0 Å². The lowest BCUT2D eigenvalue weighted by Crippen LogP contribution is -2.25. The molecule has 1 aromatic heterocycles. The number of nitrogens with zero attached hydrogens (tertiary/aromatic N) is 1.